The summed E-state index contributed by atoms with van der Waals surface area (Å²) in [5.74, 6) is -1.31. The van der Waals surface area contributed by atoms with E-state index >= 15 is 0 Å². The zero-order valence-electron chi connectivity index (χ0n) is 14.5. The van der Waals surface area contributed by atoms with Crippen LogP contribution in [0.15, 0.2) is 54.6 Å². The van der Waals surface area contributed by atoms with E-state index < -0.39 is 11.8 Å². The molecule has 3 rings (SSSR count). The Morgan fingerprint density at radius 2 is 1.62 bits per heavy atom. The lowest BCUT2D eigenvalue weighted by atomic mass is 10.0. The third kappa shape index (κ3) is 5.07. The van der Waals surface area contributed by atoms with Gasteiger partial charge in [0.05, 0.1) is 10.7 Å². The van der Waals surface area contributed by atoms with Crippen molar-refractivity contribution in [3.8, 4) is 0 Å². The smallest absolute Gasteiger partial charge is 0.313 e. The molecule has 0 unspecified atom stereocenters. The average Bonchev–Trinajstić information content (AvgIpc) is 2.66. The second kappa shape index (κ2) is 8.83. The summed E-state index contributed by atoms with van der Waals surface area (Å²) in [4.78, 5) is 26.5. The van der Waals surface area contributed by atoms with E-state index in [-0.39, 0.29) is 6.04 Å². The molecule has 0 saturated carbocycles. The summed E-state index contributed by atoms with van der Waals surface area (Å²) in [5.41, 5.74) is 1.72. The topological polar surface area (TPSA) is 61.4 Å². The van der Waals surface area contributed by atoms with Gasteiger partial charge in [0.2, 0.25) is 0 Å². The van der Waals surface area contributed by atoms with Crippen molar-refractivity contribution in [1.29, 1.82) is 0 Å². The molecule has 0 radical (unpaired) electrons. The summed E-state index contributed by atoms with van der Waals surface area (Å²) in [7, 11) is 0. The molecule has 6 heteroatoms. The zero-order valence-corrected chi connectivity index (χ0v) is 15.2. The molecular weight excluding hydrogens is 350 g/mol. The number of nitrogens with zero attached hydrogens (tertiary/aromatic N) is 1. The fourth-order valence-electron chi connectivity index (χ4n) is 3.07. The Kier molecular flexibility index (Phi) is 6.26. The fourth-order valence-corrected chi connectivity index (χ4v) is 3.25. The molecule has 0 bridgehead atoms. The standard InChI is InChI=1S/C20H22ClN3O2/c21-17-8-4-5-9-18(17)23-20(26)19(25)22-16-10-12-24(13-11-16)14-15-6-2-1-3-7-15/h1-9,16H,10-14H2,(H,22,25)(H,23,26). The Bertz CT molecular complexity index is 759. The van der Waals surface area contributed by atoms with Crippen LogP contribution in [0.25, 0.3) is 0 Å². The SMILES string of the molecule is O=C(Nc1ccccc1Cl)C(=O)NC1CCN(Cc2ccccc2)CC1. The molecule has 2 aromatic rings. The van der Waals surface area contributed by atoms with Gasteiger partial charge in [0.1, 0.15) is 0 Å². The first-order valence-corrected chi connectivity index (χ1v) is 9.12. The number of para-hydroxylation sites is 1. The molecule has 0 aromatic heterocycles. The van der Waals surface area contributed by atoms with Gasteiger partial charge >= 0.3 is 11.8 Å². The Morgan fingerprint density at radius 1 is 0.962 bits per heavy atom. The van der Waals surface area contributed by atoms with E-state index in [0.29, 0.717) is 10.7 Å². The number of carbonyl (C=O) groups is 2. The number of likely N-dealkylation sites (tertiary alicyclic amines) is 1. The number of rotatable bonds is 4. The second-order valence-electron chi connectivity index (χ2n) is 6.44. The minimum Gasteiger partial charge on any atom is -0.345 e. The van der Waals surface area contributed by atoms with Crippen LogP contribution in [0, 0.1) is 0 Å². The third-order valence-electron chi connectivity index (χ3n) is 4.50. The first-order valence-electron chi connectivity index (χ1n) is 8.74. The molecule has 0 spiro atoms. The lowest BCUT2D eigenvalue weighted by Crippen LogP contribution is -2.47. The molecule has 136 valence electrons. The summed E-state index contributed by atoms with van der Waals surface area (Å²) < 4.78 is 0. The first kappa shape index (κ1) is 18.4. The highest BCUT2D eigenvalue weighted by atomic mass is 35.5. The highest BCUT2D eigenvalue weighted by Crippen LogP contribution is 2.20. The summed E-state index contributed by atoms with van der Waals surface area (Å²) in [6, 6.07) is 17.2. The third-order valence-corrected chi connectivity index (χ3v) is 4.83. The van der Waals surface area contributed by atoms with Gasteiger partial charge in [0.15, 0.2) is 0 Å². The molecule has 1 heterocycles. The minimum absolute atomic E-state index is 0.0199. The Balaban J connectivity index is 1.44. The second-order valence-corrected chi connectivity index (χ2v) is 6.85. The van der Waals surface area contributed by atoms with E-state index in [4.69, 9.17) is 11.6 Å². The number of nitrogens with one attached hydrogen (secondary N) is 2. The highest BCUT2D eigenvalue weighted by molar-refractivity contribution is 6.41. The van der Waals surface area contributed by atoms with Crippen molar-refractivity contribution < 1.29 is 9.59 Å². The molecule has 26 heavy (non-hydrogen) atoms. The maximum absolute atomic E-state index is 12.1. The number of amides is 2. The van der Waals surface area contributed by atoms with E-state index in [0.717, 1.165) is 32.5 Å². The molecule has 1 fully saturated rings. The molecule has 1 aliphatic rings. The number of anilines is 1. The van der Waals surface area contributed by atoms with Gasteiger partial charge < -0.3 is 10.6 Å². The predicted octanol–water partition coefficient (Wildman–Crippen LogP) is 3.06. The summed E-state index contributed by atoms with van der Waals surface area (Å²) >= 11 is 6.00. The molecular formula is C20H22ClN3O2. The minimum atomic E-state index is -0.690. The molecule has 0 atom stereocenters. The van der Waals surface area contributed by atoms with Crippen molar-refractivity contribution in [2.24, 2.45) is 0 Å². The quantitative estimate of drug-likeness (QED) is 0.812. The molecule has 2 amide bonds. The first-order chi connectivity index (χ1) is 12.6. The monoisotopic (exact) mass is 371 g/mol. The number of hydrogen-bond donors (Lipinski definition) is 2. The maximum Gasteiger partial charge on any atom is 0.313 e. The summed E-state index contributed by atoms with van der Waals surface area (Å²) in [5, 5.41) is 5.78. The lowest BCUT2D eigenvalue weighted by molar-refractivity contribution is -0.136. The van der Waals surface area contributed by atoms with Crippen LogP contribution >= 0.6 is 11.6 Å². The van der Waals surface area contributed by atoms with Gasteiger partial charge in [-0.2, -0.15) is 0 Å². The van der Waals surface area contributed by atoms with Crippen LogP contribution in [0.3, 0.4) is 0 Å². The Hall–Kier alpha value is -2.37. The van der Waals surface area contributed by atoms with Crippen LogP contribution in [0.5, 0.6) is 0 Å². The van der Waals surface area contributed by atoms with Crippen molar-refractivity contribution in [2.45, 2.75) is 25.4 Å². The summed E-state index contributed by atoms with van der Waals surface area (Å²) in [6.07, 6.45) is 1.66. The fraction of sp³-hybridized carbons (Fsp3) is 0.300. The van der Waals surface area contributed by atoms with Crippen molar-refractivity contribution in [3.63, 3.8) is 0 Å². The van der Waals surface area contributed by atoms with Crippen LogP contribution in [-0.2, 0) is 16.1 Å². The van der Waals surface area contributed by atoms with E-state index in [9.17, 15) is 9.59 Å². The van der Waals surface area contributed by atoms with Crippen LogP contribution in [0.4, 0.5) is 5.69 Å². The van der Waals surface area contributed by atoms with Gasteiger partial charge in [0, 0.05) is 25.7 Å². The number of carbonyl (C=O) groups excluding carboxylic acids is 2. The van der Waals surface area contributed by atoms with Crippen molar-refractivity contribution in [2.75, 3.05) is 18.4 Å². The van der Waals surface area contributed by atoms with Gasteiger partial charge in [-0.05, 0) is 30.5 Å². The maximum atomic E-state index is 12.1. The van der Waals surface area contributed by atoms with Crippen molar-refractivity contribution >= 4 is 29.1 Å². The van der Waals surface area contributed by atoms with Gasteiger partial charge in [-0.1, -0.05) is 54.1 Å². The largest absolute Gasteiger partial charge is 0.345 e. The van der Waals surface area contributed by atoms with E-state index in [2.05, 4.69) is 27.7 Å². The van der Waals surface area contributed by atoms with Crippen molar-refractivity contribution in [1.82, 2.24) is 10.2 Å². The van der Waals surface area contributed by atoms with Gasteiger partial charge in [-0.3, -0.25) is 14.5 Å². The van der Waals surface area contributed by atoms with E-state index in [1.807, 2.05) is 18.2 Å². The predicted molar refractivity (Wildman–Crippen MR) is 103 cm³/mol. The number of hydrogen-bond acceptors (Lipinski definition) is 3. The van der Waals surface area contributed by atoms with Crippen LogP contribution < -0.4 is 10.6 Å². The normalized spacial score (nSPS) is 15.4. The Morgan fingerprint density at radius 3 is 2.31 bits per heavy atom. The van der Waals surface area contributed by atoms with Crippen LogP contribution in [0.1, 0.15) is 18.4 Å². The Labute approximate surface area is 158 Å². The van der Waals surface area contributed by atoms with Crippen LogP contribution in [0.2, 0.25) is 5.02 Å². The summed E-state index contributed by atoms with van der Waals surface area (Å²) in [6.45, 7) is 2.70. The van der Waals surface area contributed by atoms with E-state index in [1.54, 1.807) is 24.3 Å². The van der Waals surface area contributed by atoms with Gasteiger partial charge in [0.25, 0.3) is 0 Å². The number of benzene rings is 2. The molecule has 1 aliphatic heterocycles. The molecule has 2 aromatic carbocycles. The number of piperidine rings is 1. The van der Waals surface area contributed by atoms with Crippen LogP contribution in [-0.4, -0.2) is 35.8 Å². The van der Waals surface area contributed by atoms with Gasteiger partial charge in [-0.25, -0.2) is 0 Å². The number of halogens is 1. The lowest BCUT2D eigenvalue weighted by Gasteiger charge is -2.32. The average molecular weight is 372 g/mol. The van der Waals surface area contributed by atoms with E-state index in [1.165, 1.54) is 5.56 Å². The zero-order chi connectivity index (χ0) is 18.4. The van der Waals surface area contributed by atoms with Crippen molar-refractivity contribution in [3.05, 3.63) is 65.2 Å². The van der Waals surface area contributed by atoms with Gasteiger partial charge in [-0.15, -0.1) is 0 Å². The molecule has 1 saturated heterocycles. The molecule has 2 N–H and O–H groups in total. The molecule has 5 nitrogen and oxygen atoms in total. The molecule has 0 aliphatic carbocycles. The highest BCUT2D eigenvalue weighted by Gasteiger charge is 2.23.